The molecule has 0 unspecified atom stereocenters. The van der Waals surface area contributed by atoms with Crippen molar-refractivity contribution in [3.05, 3.63) is 64.4 Å². The Hall–Kier alpha value is -1.94. The van der Waals surface area contributed by atoms with Crippen LogP contribution >= 0.6 is 11.6 Å². The summed E-state index contributed by atoms with van der Waals surface area (Å²) in [5.41, 5.74) is 1.48. The maximum atomic E-state index is 13.6. The number of rotatable bonds is 2. The second kappa shape index (κ2) is 4.63. The molecular weight excluding hydrogens is 270 g/mol. The van der Waals surface area contributed by atoms with Gasteiger partial charge in [0, 0.05) is 17.0 Å². The maximum absolute atomic E-state index is 13.6. The standard InChI is InChI=1S/C14H9ClF2N2/c15-8-4-5-12-13(6-8)19-14(18-12)7-9-10(16)2-1-3-11(9)17/h1-6H,7H2,(H,18,19). The average Bonchev–Trinajstić information content (AvgIpc) is 2.75. The van der Waals surface area contributed by atoms with Gasteiger partial charge in [0.1, 0.15) is 17.5 Å². The smallest absolute Gasteiger partial charge is 0.129 e. The van der Waals surface area contributed by atoms with Crippen LogP contribution in [0.2, 0.25) is 5.02 Å². The molecule has 0 spiro atoms. The summed E-state index contributed by atoms with van der Waals surface area (Å²) in [5.74, 6) is -0.641. The molecule has 3 rings (SSSR count). The highest BCUT2D eigenvalue weighted by atomic mass is 35.5. The van der Waals surface area contributed by atoms with Crippen LogP contribution in [0.4, 0.5) is 8.78 Å². The summed E-state index contributed by atoms with van der Waals surface area (Å²) in [5, 5.41) is 0.583. The molecule has 2 aromatic carbocycles. The van der Waals surface area contributed by atoms with Crippen molar-refractivity contribution >= 4 is 22.6 Å². The van der Waals surface area contributed by atoms with E-state index in [2.05, 4.69) is 9.97 Å². The summed E-state index contributed by atoms with van der Waals surface area (Å²) < 4.78 is 27.1. The molecule has 0 atom stereocenters. The minimum Gasteiger partial charge on any atom is -0.342 e. The minimum absolute atomic E-state index is 0.00709. The van der Waals surface area contributed by atoms with Crippen LogP contribution in [0.1, 0.15) is 11.4 Å². The molecule has 2 nitrogen and oxygen atoms in total. The number of nitrogens with zero attached hydrogens (tertiary/aromatic N) is 1. The summed E-state index contributed by atoms with van der Waals surface area (Å²) in [6.07, 6.45) is 0.0742. The number of fused-ring (bicyclic) bond motifs is 1. The average molecular weight is 279 g/mol. The van der Waals surface area contributed by atoms with Gasteiger partial charge in [0.15, 0.2) is 0 Å². The van der Waals surface area contributed by atoms with E-state index in [-0.39, 0.29) is 12.0 Å². The zero-order chi connectivity index (χ0) is 13.4. The predicted octanol–water partition coefficient (Wildman–Crippen LogP) is 4.09. The Bertz CT molecular complexity index is 732. The number of hydrogen-bond acceptors (Lipinski definition) is 1. The van der Waals surface area contributed by atoms with Gasteiger partial charge in [-0.1, -0.05) is 17.7 Å². The first-order chi connectivity index (χ1) is 9.13. The Morgan fingerprint density at radius 1 is 1.11 bits per heavy atom. The lowest BCUT2D eigenvalue weighted by Crippen LogP contribution is -1.98. The van der Waals surface area contributed by atoms with Crippen LogP contribution in [0, 0.1) is 11.6 Å². The highest BCUT2D eigenvalue weighted by Gasteiger charge is 2.11. The number of aromatic amines is 1. The van der Waals surface area contributed by atoms with Gasteiger partial charge in [-0.25, -0.2) is 13.8 Å². The van der Waals surface area contributed by atoms with Gasteiger partial charge in [0.2, 0.25) is 0 Å². The van der Waals surface area contributed by atoms with Crippen molar-refractivity contribution in [2.24, 2.45) is 0 Å². The van der Waals surface area contributed by atoms with Gasteiger partial charge in [-0.2, -0.15) is 0 Å². The Balaban J connectivity index is 2.01. The number of benzene rings is 2. The highest BCUT2D eigenvalue weighted by molar-refractivity contribution is 6.31. The van der Waals surface area contributed by atoms with Crippen LogP contribution in [0.5, 0.6) is 0 Å². The first-order valence-electron chi connectivity index (χ1n) is 5.70. The molecule has 0 bridgehead atoms. The molecule has 19 heavy (non-hydrogen) atoms. The van der Waals surface area contributed by atoms with Gasteiger partial charge >= 0.3 is 0 Å². The lowest BCUT2D eigenvalue weighted by atomic mass is 10.1. The summed E-state index contributed by atoms with van der Waals surface area (Å²) in [7, 11) is 0. The van der Waals surface area contributed by atoms with Crippen LogP contribution in [0.3, 0.4) is 0 Å². The number of nitrogens with one attached hydrogen (secondary N) is 1. The monoisotopic (exact) mass is 278 g/mol. The number of H-pyrrole nitrogens is 1. The SMILES string of the molecule is Fc1cccc(F)c1Cc1nc2ccc(Cl)cc2[nH]1. The van der Waals surface area contributed by atoms with E-state index in [1.807, 2.05) is 0 Å². The molecule has 0 saturated carbocycles. The van der Waals surface area contributed by atoms with Crippen molar-refractivity contribution in [2.75, 3.05) is 0 Å². The molecule has 0 aliphatic rings. The van der Waals surface area contributed by atoms with Crippen molar-refractivity contribution in [2.45, 2.75) is 6.42 Å². The lowest BCUT2D eigenvalue weighted by molar-refractivity contribution is 0.559. The lowest BCUT2D eigenvalue weighted by Gasteiger charge is -2.01. The maximum Gasteiger partial charge on any atom is 0.129 e. The summed E-state index contributed by atoms with van der Waals surface area (Å²) in [4.78, 5) is 7.29. The van der Waals surface area contributed by atoms with Gasteiger partial charge in [0.05, 0.1) is 11.0 Å². The van der Waals surface area contributed by atoms with Crippen molar-refractivity contribution in [1.29, 1.82) is 0 Å². The van der Waals surface area contributed by atoms with E-state index >= 15 is 0 Å². The Morgan fingerprint density at radius 2 is 1.84 bits per heavy atom. The van der Waals surface area contributed by atoms with E-state index in [0.29, 0.717) is 10.8 Å². The third-order valence-electron chi connectivity index (χ3n) is 2.90. The summed E-state index contributed by atoms with van der Waals surface area (Å²) >= 11 is 5.87. The molecule has 3 aromatic rings. The van der Waals surface area contributed by atoms with E-state index in [0.717, 1.165) is 11.0 Å². The summed E-state index contributed by atoms with van der Waals surface area (Å²) in [6.45, 7) is 0. The van der Waals surface area contributed by atoms with Crippen LogP contribution in [-0.4, -0.2) is 9.97 Å². The predicted molar refractivity (Wildman–Crippen MR) is 70.3 cm³/mol. The number of halogens is 3. The fourth-order valence-corrected chi connectivity index (χ4v) is 2.16. The van der Waals surface area contributed by atoms with E-state index in [4.69, 9.17) is 11.6 Å². The Labute approximate surface area is 113 Å². The van der Waals surface area contributed by atoms with Crippen LogP contribution < -0.4 is 0 Å². The Kier molecular flexibility index (Phi) is 2.95. The zero-order valence-corrected chi connectivity index (χ0v) is 10.5. The molecule has 0 aliphatic heterocycles. The van der Waals surface area contributed by atoms with Crippen molar-refractivity contribution < 1.29 is 8.78 Å². The summed E-state index contributed by atoms with van der Waals surface area (Å²) in [6, 6.07) is 9.01. The molecular formula is C14H9ClF2N2. The molecule has 5 heteroatoms. The van der Waals surface area contributed by atoms with Gasteiger partial charge < -0.3 is 4.98 Å². The van der Waals surface area contributed by atoms with Crippen LogP contribution in [0.15, 0.2) is 36.4 Å². The fourth-order valence-electron chi connectivity index (χ4n) is 1.99. The third kappa shape index (κ3) is 2.31. The van der Waals surface area contributed by atoms with Crippen molar-refractivity contribution in [3.8, 4) is 0 Å². The van der Waals surface area contributed by atoms with Gasteiger partial charge in [0.25, 0.3) is 0 Å². The molecule has 1 N–H and O–H groups in total. The topological polar surface area (TPSA) is 28.7 Å². The molecule has 1 aromatic heterocycles. The quantitative estimate of drug-likeness (QED) is 0.751. The zero-order valence-electron chi connectivity index (χ0n) is 9.75. The molecule has 96 valence electrons. The largest absolute Gasteiger partial charge is 0.342 e. The fraction of sp³-hybridized carbons (Fsp3) is 0.0714. The Morgan fingerprint density at radius 3 is 2.58 bits per heavy atom. The van der Waals surface area contributed by atoms with Crippen molar-refractivity contribution in [3.63, 3.8) is 0 Å². The third-order valence-corrected chi connectivity index (χ3v) is 3.13. The van der Waals surface area contributed by atoms with E-state index in [1.54, 1.807) is 18.2 Å². The molecule has 0 radical (unpaired) electrons. The number of imidazole rings is 1. The molecule has 0 saturated heterocycles. The first kappa shape index (κ1) is 12.1. The minimum atomic E-state index is -0.571. The van der Waals surface area contributed by atoms with Gasteiger partial charge in [-0.15, -0.1) is 0 Å². The van der Waals surface area contributed by atoms with E-state index in [1.165, 1.54) is 18.2 Å². The molecule has 0 fully saturated rings. The second-order valence-corrected chi connectivity index (χ2v) is 4.66. The molecule has 0 amide bonds. The van der Waals surface area contributed by atoms with Crippen LogP contribution in [0.25, 0.3) is 11.0 Å². The van der Waals surface area contributed by atoms with E-state index < -0.39 is 11.6 Å². The number of hydrogen-bond donors (Lipinski definition) is 1. The second-order valence-electron chi connectivity index (χ2n) is 4.22. The van der Waals surface area contributed by atoms with Gasteiger partial charge in [-0.05, 0) is 30.3 Å². The highest BCUT2D eigenvalue weighted by Crippen LogP contribution is 2.20. The van der Waals surface area contributed by atoms with Crippen LogP contribution in [-0.2, 0) is 6.42 Å². The molecule has 1 heterocycles. The molecule has 0 aliphatic carbocycles. The van der Waals surface area contributed by atoms with E-state index in [9.17, 15) is 8.78 Å². The normalized spacial score (nSPS) is 11.1. The van der Waals surface area contributed by atoms with Crippen molar-refractivity contribution in [1.82, 2.24) is 9.97 Å². The number of aromatic nitrogens is 2. The van der Waals surface area contributed by atoms with Gasteiger partial charge in [-0.3, -0.25) is 0 Å². The first-order valence-corrected chi connectivity index (χ1v) is 6.08.